The molecule has 56 heavy (non-hydrogen) atoms. The van der Waals surface area contributed by atoms with Crippen LogP contribution in [0.1, 0.15) is 78.9 Å². The van der Waals surface area contributed by atoms with Gasteiger partial charge in [-0.1, -0.05) is 84.9 Å². The minimum absolute atomic E-state index is 0.00453. The van der Waals surface area contributed by atoms with Gasteiger partial charge in [-0.25, -0.2) is 19.6 Å². The number of nitrogens with zero attached hydrogens (tertiary/aromatic N) is 4. The first-order valence-corrected chi connectivity index (χ1v) is 18.7. The highest BCUT2D eigenvalue weighted by molar-refractivity contribution is 6.14. The second-order valence-electron chi connectivity index (χ2n) is 14.3. The van der Waals surface area contributed by atoms with Gasteiger partial charge in [-0.15, -0.1) is 0 Å². The van der Waals surface area contributed by atoms with Crippen LogP contribution in [0.2, 0.25) is 0 Å². The van der Waals surface area contributed by atoms with Gasteiger partial charge in [0, 0.05) is 17.4 Å². The molecule has 0 fully saturated rings. The van der Waals surface area contributed by atoms with E-state index in [1.807, 2.05) is 116 Å². The molecule has 2 atom stereocenters. The Bertz CT molecular complexity index is 2110. The summed E-state index contributed by atoms with van der Waals surface area (Å²) in [6.07, 6.45) is 0.479. The number of fused-ring (bicyclic) bond motifs is 1. The van der Waals surface area contributed by atoms with Crippen LogP contribution in [0.15, 0.2) is 115 Å². The highest BCUT2D eigenvalue weighted by atomic mass is 17.2. The van der Waals surface area contributed by atoms with Gasteiger partial charge < -0.3 is 14.4 Å². The van der Waals surface area contributed by atoms with Gasteiger partial charge >= 0.3 is 6.09 Å². The Kier molecular flexibility index (Phi) is 12.7. The second kappa shape index (κ2) is 18.0. The molecule has 1 aliphatic heterocycles. The Morgan fingerprint density at radius 3 is 2.21 bits per heavy atom. The van der Waals surface area contributed by atoms with Crippen molar-refractivity contribution in [1.29, 1.82) is 0 Å². The van der Waals surface area contributed by atoms with Crippen molar-refractivity contribution >= 4 is 35.2 Å². The molecule has 6 rings (SSSR count). The number of carbonyl (C=O) groups is 3. The van der Waals surface area contributed by atoms with Crippen LogP contribution in [-0.2, 0) is 25.7 Å². The summed E-state index contributed by atoms with van der Waals surface area (Å²) in [7, 11) is 0. The highest BCUT2D eigenvalue weighted by Crippen LogP contribution is 2.43. The summed E-state index contributed by atoms with van der Waals surface area (Å²) in [5.74, 6) is -0.223. The lowest BCUT2D eigenvalue weighted by Gasteiger charge is -2.37. The van der Waals surface area contributed by atoms with E-state index in [1.54, 1.807) is 43.6 Å². The predicted octanol–water partition coefficient (Wildman–Crippen LogP) is 8.71. The van der Waals surface area contributed by atoms with Crippen LogP contribution in [0, 0.1) is 6.92 Å². The van der Waals surface area contributed by atoms with Crippen molar-refractivity contribution in [2.45, 2.75) is 65.1 Å². The normalized spacial score (nSPS) is 14.8. The number of para-hydroxylation sites is 1. The van der Waals surface area contributed by atoms with E-state index in [2.05, 4.69) is 15.3 Å². The smallest absolute Gasteiger partial charge is 0.414 e. The number of rotatable bonds is 14. The van der Waals surface area contributed by atoms with E-state index in [4.69, 9.17) is 19.2 Å². The van der Waals surface area contributed by atoms with Crippen molar-refractivity contribution in [2.75, 3.05) is 30.0 Å². The Morgan fingerprint density at radius 1 is 0.857 bits per heavy atom. The Hall–Kier alpha value is -6.11. The molecule has 0 aliphatic carbocycles. The average molecular weight is 758 g/mol. The summed E-state index contributed by atoms with van der Waals surface area (Å²) in [5.41, 5.74) is 3.77. The van der Waals surface area contributed by atoms with Gasteiger partial charge in [-0.2, -0.15) is 4.98 Å². The molecular weight excluding hydrogens is 711 g/mol. The number of ether oxygens (including phenoxy) is 2. The number of benzene rings is 4. The molecule has 3 amide bonds. The zero-order chi connectivity index (χ0) is 39.7. The van der Waals surface area contributed by atoms with Gasteiger partial charge in [0.1, 0.15) is 18.2 Å². The third-order valence-electron chi connectivity index (χ3n) is 8.88. The van der Waals surface area contributed by atoms with Gasteiger partial charge in [0.2, 0.25) is 11.8 Å². The van der Waals surface area contributed by atoms with Crippen molar-refractivity contribution in [3.05, 3.63) is 143 Å². The van der Waals surface area contributed by atoms with Crippen molar-refractivity contribution in [2.24, 2.45) is 0 Å². The molecule has 0 bridgehead atoms. The number of aryl methyl sites for hydroxylation is 2. The third-order valence-corrected chi connectivity index (χ3v) is 8.88. The quantitative estimate of drug-likeness (QED) is 0.0671. The zero-order valence-corrected chi connectivity index (χ0v) is 32.3. The monoisotopic (exact) mass is 757 g/mol. The molecule has 0 radical (unpaired) electrons. The molecule has 12 nitrogen and oxygen atoms in total. The van der Waals surface area contributed by atoms with Crippen molar-refractivity contribution in [1.82, 2.24) is 14.9 Å². The number of hydrogen-bond donors (Lipinski definition) is 1. The topological polar surface area (TPSA) is 132 Å². The summed E-state index contributed by atoms with van der Waals surface area (Å²) in [6, 6.07) is 33.9. The van der Waals surface area contributed by atoms with Crippen molar-refractivity contribution < 1.29 is 33.6 Å². The van der Waals surface area contributed by atoms with Crippen LogP contribution in [0.4, 0.5) is 22.1 Å². The van der Waals surface area contributed by atoms with Crippen LogP contribution < -0.4 is 15.0 Å². The van der Waals surface area contributed by atoms with Crippen LogP contribution in [0.25, 0.3) is 0 Å². The van der Waals surface area contributed by atoms with E-state index in [9.17, 15) is 4.79 Å². The molecular formula is C44H47N5O7. The minimum Gasteiger partial charge on any atom is -0.478 e. The summed E-state index contributed by atoms with van der Waals surface area (Å²) in [4.78, 5) is 65.6. The largest absolute Gasteiger partial charge is 0.478 e. The summed E-state index contributed by atoms with van der Waals surface area (Å²) < 4.78 is 11.3. The van der Waals surface area contributed by atoms with E-state index in [0.717, 1.165) is 11.1 Å². The molecule has 5 aromatic rings. The van der Waals surface area contributed by atoms with Crippen molar-refractivity contribution in [3.63, 3.8) is 0 Å². The molecule has 1 aliphatic rings. The average Bonchev–Trinajstić information content (AvgIpc) is 3.26. The fourth-order valence-electron chi connectivity index (χ4n) is 6.55. The minimum atomic E-state index is -1.00. The van der Waals surface area contributed by atoms with E-state index in [1.165, 1.54) is 0 Å². The van der Waals surface area contributed by atoms with Gasteiger partial charge in [0.15, 0.2) is 0 Å². The number of aromatic nitrogens is 2. The number of hydrogen-bond acceptors (Lipinski definition) is 9. The molecule has 0 saturated carbocycles. The van der Waals surface area contributed by atoms with Crippen LogP contribution >= 0.6 is 0 Å². The summed E-state index contributed by atoms with van der Waals surface area (Å²) >= 11 is 0. The number of anilines is 3. The molecule has 0 saturated heterocycles. The van der Waals surface area contributed by atoms with Crippen molar-refractivity contribution in [3.8, 4) is 5.88 Å². The lowest BCUT2D eigenvalue weighted by molar-refractivity contribution is -0.298. The molecule has 12 heteroatoms. The van der Waals surface area contributed by atoms with Gasteiger partial charge in [-0.05, 0) is 88.4 Å². The second-order valence-corrected chi connectivity index (χ2v) is 14.3. The first-order chi connectivity index (χ1) is 27.0. The van der Waals surface area contributed by atoms with E-state index < -0.39 is 23.8 Å². The lowest BCUT2D eigenvalue weighted by Crippen LogP contribution is -2.44. The SMILES string of the molecule is CCOOCC(c1ccccc1)N1C(=O)c2cc(CCCOc3cc(C)nc(NC(=O)OC(C)(C)C)n3)ccc2N(c2ccccc2)C(=O)C1c1ccccc1. The first kappa shape index (κ1) is 39.6. The Balaban J connectivity index is 1.33. The maximum atomic E-state index is 15.2. The number of nitrogens with one attached hydrogen (secondary N) is 1. The molecule has 0 spiro atoms. The third kappa shape index (κ3) is 9.76. The highest BCUT2D eigenvalue weighted by Gasteiger charge is 2.45. The zero-order valence-electron chi connectivity index (χ0n) is 32.3. The first-order valence-electron chi connectivity index (χ1n) is 18.7. The maximum absolute atomic E-state index is 15.2. The van der Waals surface area contributed by atoms with Gasteiger partial charge in [-0.3, -0.25) is 19.8 Å². The summed E-state index contributed by atoms with van der Waals surface area (Å²) in [5, 5.41) is 2.56. The summed E-state index contributed by atoms with van der Waals surface area (Å²) in [6.45, 7) is 9.53. The molecule has 4 aromatic carbocycles. The standard InChI is InChI=1S/C44H47N5O7/c1-6-54-55-29-37(32-18-10-7-11-19-32)49-39(33-20-12-8-13-21-33)41(51)48(34-22-14-9-15-23-34)36-25-24-31(28-35(36)40(49)50)17-16-26-53-38-27-30(2)45-42(46-38)47-43(52)56-44(3,4)5/h7-15,18-25,27-28,37,39H,6,16-17,26,29H2,1-5H3,(H,45,46,47,52). The van der Waals surface area contributed by atoms with Gasteiger partial charge in [0.25, 0.3) is 11.8 Å². The fourth-order valence-corrected chi connectivity index (χ4v) is 6.55. The lowest BCUT2D eigenvalue weighted by atomic mass is 9.97. The fraction of sp³-hybridized carbons (Fsp3) is 0.295. The van der Waals surface area contributed by atoms with E-state index in [0.29, 0.717) is 60.1 Å². The van der Waals surface area contributed by atoms with Crippen LogP contribution in [0.3, 0.4) is 0 Å². The van der Waals surface area contributed by atoms with Gasteiger partial charge in [0.05, 0.1) is 30.5 Å². The Labute approximate surface area is 327 Å². The predicted molar refractivity (Wildman–Crippen MR) is 213 cm³/mol. The molecule has 2 heterocycles. The molecule has 1 aromatic heterocycles. The maximum Gasteiger partial charge on any atom is 0.414 e. The van der Waals surface area contributed by atoms with Crippen LogP contribution in [0.5, 0.6) is 5.88 Å². The molecule has 1 N–H and O–H groups in total. The number of amides is 3. The van der Waals surface area contributed by atoms with E-state index >= 15 is 9.59 Å². The van der Waals surface area contributed by atoms with E-state index in [-0.39, 0.29) is 24.4 Å². The molecule has 2 unspecified atom stereocenters. The Morgan fingerprint density at radius 2 is 1.54 bits per heavy atom. The number of carbonyl (C=O) groups excluding carboxylic acids is 3. The van der Waals surface area contributed by atoms with Crippen LogP contribution in [-0.4, -0.2) is 58.2 Å². The molecule has 290 valence electrons.